The fourth-order valence-corrected chi connectivity index (χ4v) is 3.91. The number of carbonyl (C=O) groups excluding carboxylic acids is 1. The molecular weight excluding hydrogens is 274 g/mol. The third kappa shape index (κ3) is 2.49. The molecular formula is C10H11N3O3S2. The van der Waals surface area contributed by atoms with Crippen LogP contribution in [0.25, 0.3) is 0 Å². The molecule has 4 N–H and O–H groups in total. The predicted molar refractivity (Wildman–Crippen MR) is 70.7 cm³/mol. The number of carboxylic acids is 1. The summed E-state index contributed by atoms with van der Waals surface area (Å²) in [5.41, 5.74) is 6.09. The summed E-state index contributed by atoms with van der Waals surface area (Å²) in [5.74, 6) is -0.893. The maximum atomic E-state index is 11.8. The maximum absolute atomic E-state index is 11.8. The van der Waals surface area contributed by atoms with E-state index in [9.17, 15) is 9.59 Å². The molecule has 0 aromatic carbocycles. The van der Waals surface area contributed by atoms with E-state index >= 15 is 0 Å². The molecule has 0 saturated heterocycles. The van der Waals surface area contributed by atoms with Crippen LogP contribution in [0.4, 0.5) is 5.69 Å². The van der Waals surface area contributed by atoms with Crippen molar-refractivity contribution in [3.05, 3.63) is 10.9 Å². The molecule has 2 rings (SSSR count). The summed E-state index contributed by atoms with van der Waals surface area (Å²) in [6, 6.07) is 1.67. The lowest BCUT2D eigenvalue weighted by Gasteiger charge is -2.25. The first-order chi connectivity index (χ1) is 8.49. The van der Waals surface area contributed by atoms with Crippen LogP contribution < -0.4 is 10.6 Å². The quantitative estimate of drug-likeness (QED) is 0.435. The normalized spacial score (nSPS) is 14.1. The van der Waals surface area contributed by atoms with E-state index in [0.717, 1.165) is 9.96 Å². The number of thioether (sulfide) groups is 1. The number of carbonyl (C=O) groups is 2. The van der Waals surface area contributed by atoms with Gasteiger partial charge < -0.3 is 15.7 Å². The first kappa shape index (κ1) is 12.9. The van der Waals surface area contributed by atoms with Gasteiger partial charge in [-0.15, -0.1) is 23.1 Å². The molecule has 2 heterocycles. The second-order valence-corrected chi connectivity index (χ2v) is 6.08. The summed E-state index contributed by atoms with van der Waals surface area (Å²) in [4.78, 5) is 24.4. The molecule has 0 spiro atoms. The highest BCUT2D eigenvalue weighted by Gasteiger charge is 2.27. The third-order valence-corrected chi connectivity index (χ3v) is 4.80. The number of nitrogen functional groups attached to an aromatic ring is 1. The summed E-state index contributed by atoms with van der Waals surface area (Å²) in [6.07, 6.45) is -0.518. The van der Waals surface area contributed by atoms with E-state index in [1.54, 1.807) is 17.8 Å². The van der Waals surface area contributed by atoms with Gasteiger partial charge in [0.25, 0.3) is 0 Å². The minimum atomic E-state index is -1.14. The van der Waals surface area contributed by atoms with Crippen LogP contribution in [-0.2, 0) is 9.59 Å². The van der Waals surface area contributed by atoms with Crippen molar-refractivity contribution in [3.63, 3.8) is 0 Å². The molecule has 0 unspecified atom stereocenters. The predicted octanol–water partition coefficient (Wildman–Crippen LogP) is 0.946. The number of fused-ring (bicyclic) bond motifs is 1. The van der Waals surface area contributed by atoms with Crippen LogP contribution in [0.3, 0.4) is 0 Å². The first-order valence-corrected chi connectivity index (χ1v) is 6.92. The monoisotopic (exact) mass is 285 g/mol. The fraction of sp³-hybridized carbons (Fsp3) is 0.300. The number of carboxylic acid groups (broad SMARTS) is 1. The Morgan fingerprint density at radius 2 is 2.28 bits per heavy atom. The van der Waals surface area contributed by atoms with E-state index in [0.29, 0.717) is 17.1 Å². The second-order valence-electron chi connectivity index (χ2n) is 3.66. The minimum Gasteiger partial charge on any atom is -0.481 e. The van der Waals surface area contributed by atoms with E-state index in [-0.39, 0.29) is 5.84 Å². The molecule has 1 aliphatic heterocycles. The van der Waals surface area contributed by atoms with Gasteiger partial charge in [0.05, 0.1) is 14.8 Å². The van der Waals surface area contributed by atoms with Gasteiger partial charge >= 0.3 is 5.97 Å². The highest BCUT2D eigenvalue weighted by Crippen LogP contribution is 2.41. The smallest absolute Gasteiger partial charge is 0.312 e. The number of hydrogen-bond acceptors (Lipinski definition) is 5. The van der Waals surface area contributed by atoms with Crippen molar-refractivity contribution in [3.8, 4) is 0 Å². The van der Waals surface area contributed by atoms with Crippen LogP contribution >= 0.6 is 23.1 Å². The molecule has 6 nitrogen and oxygen atoms in total. The summed E-state index contributed by atoms with van der Waals surface area (Å²) >= 11 is 2.95. The Hall–Kier alpha value is -1.54. The highest BCUT2D eigenvalue weighted by atomic mass is 32.2. The third-order valence-electron chi connectivity index (χ3n) is 2.39. The van der Waals surface area contributed by atoms with E-state index in [2.05, 4.69) is 0 Å². The van der Waals surface area contributed by atoms with Crippen LogP contribution in [0.2, 0.25) is 0 Å². The molecule has 1 aromatic heterocycles. The van der Waals surface area contributed by atoms with Crippen molar-refractivity contribution in [2.24, 2.45) is 5.73 Å². The lowest BCUT2D eigenvalue weighted by Crippen LogP contribution is -2.36. The van der Waals surface area contributed by atoms with Crippen LogP contribution in [0.5, 0.6) is 0 Å². The zero-order valence-electron chi connectivity index (χ0n) is 9.30. The SMILES string of the molecule is N=C(N)c1cc2c(s1)SCCN2C(=O)CC(=O)O. The Morgan fingerprint density at radius 3 is 2.89 bits per heavy atom. The van der Waals surface area contributed by atoms with Gasteiger partial charge in [-0.05, 0) is 6.07 Å². The Morgan fingerprint density at radius 1 is 1.56 bits per heavy atom. The van der Waals surface area contributed by atoms with Crippen molar-refractivity contribution in [1.82, 2.24) is 0 Å². The van der Waals surface area contributed by atoms with E-state index in [1.807, 2.05) is 0 Å². The summed E-state index contributed by atoms with van der Waals surface area (Å²) in [5, 5.41) is 16.0. The van der Waals surface area contributed by atoms with Crippen molar-refractivity contribution in [2.75, 3.05) is 17.2 Å². The average molecular weight is 285 g/mol. The molecule has 1 amide bonds. The molecule has 96 valence electrons. The molecule has 0 fully saturated rings. The van der Waals surface area contributed by atoms with Gasteiger partial charge in [-0.1, -0.05) is 0 Å². The number of amides is 1. The van der Waals surface area contributed by atoms with Crippen LogP contribution in [-0.4, -0.2) is 35.1 Å². The van der Waals surface area contributed by atoms with Gasteiger partial charge in [0.2, 0.25) is 5.91 Å². The maximum Gasteiger partial charge on any atom is 0.312 e. The van der Waals surface area contributed by atoms with Crippen molar-refractivity contribution >= 4 is 46.5 Å². The van der Waals surface area contributed by atoms with Crippen LogP contribution in [0, 0.1) is 5.41 Å². The van der Waals surface area contributed by atoms with Gasteiger partial charge in [0, 0.05) is 12.3 Å². The number of nitrogens with zero attached hydrogens (tertiary/aromatic N) is 1. The van der Waals surface area contributed by atoms with Crippen LogP contribution in [0.1, 0.15) is 11.3 Å². The Kier molecular flexibility index (Phi) is 3.58. The lowest BCUT2D eigenvalue weighted by atomic mass is 10.3. The molecule has 0 saturated carbocycles. The largest absolute Gasteiger partial charge is 0.481 e. The fourth-order valence-electron chi connectivity index (χ4n) is 1.62. The Bertz CT molecular complexity index is 526. The summed E-state index contributed by atoms with van der Waals surface area (Å²) < 4.78 is 0.908. The van der Waals surface area contributed by atoms with Crippen molar-refractivity contribution < 1.29 is 14.7 Å². The number of thiophene rings is 1. The molecule has 0 aliphatic carbocycles. The molecule has 8 heteroatoms. The molecule has 0 bridgehead atoms. The number of hydrogen-bond donors (Lipinski definition) is 3. The molecule has 0 radical (unpaired) electrons. The number of aliphatic carboxylic acids is 1. The van der Waals surface area contributed by atoms with Gasteiger partial charge in [0.1, 0.15) is 12.3 Å². The number of amidine groups is 1. The van der Waals surface area contributed by atoms with Gasteiger partial charge in [-0.25, -0.2) is 0 Å². The zero-order valence-corrected chi connectivity index (χ0v) is 10.9. The van der Waals surface area contributed by atoms with Gasteiger partial charge in [-0.3, -0.25) is 15.0 Å². The molecule has 0 atom stereocenters. The average Bonchev–Trinajstić information content (AvgIpc) is 2.71. The van der Waals surface area contributed by atoms with Crippen molar-refractivity contribution in [2.45, 2.75) is 10.6 Å². The standard InChI is InChI=1S/C10H11N3O3S2/c11-9(12)6-3-5-10(18-6)17-2-1-13(5)7(14)4-8(15)16/h3H,1-2,4H2,(H3,11,12)(H,15,16). The minimum absolute atomic E-state index is 0.0411. The number of nitrogens with one attached hydrogen (secondary N) is 1. The second kappa shape index (κ2) is 4.99. The van der Waals surface area contributed by atoms with Gasteiger partial charge in [0.15, 0.2) is 0 Å². The van der Waals surface area contributed by atoms with Crippen LogP contribution in [0.15, 0.2) is 10.3 Å². The number of rotatable bonds is 3. The Balaban J connectivity index is 2.29. The summed E-state index contributed by atoms with van der Waals surface area (Å²) in [6.45, 7) is 0.484. The van der Waals surface area contributed by atoms with Gasteiger partial charge in [-0.2, -0.15) is 0 Å². The summed E-state index contributed by atoms with van der Waals surface area (Å²) in [7, 11) is 0. The molecule has 18 heavy (non-hydrogen) atoms. The highest BCUT2D eigenvalue weighted by molar-refractivity contribution is 8.01. The number of nitrogens with two attached hydrogens (primary N) is 1. The first-order valence-electron chi connectivity index (χ1n) is 5.12. The molecule has 1 aliphatic rings. The number of anilines is 1. The van der Waals surface area contributed by atoms with E-state index < -0.39 is 18.3 Å². The zero-order chi connectivity index (χ0) is 13.3. The van der Waals surface area contributed by atoms with Crippen molar-refractivity contribution in [1.29, 1.82) is 5.41 Å². The Labute approximate surface area is 111 Å². The lowest BCUT2D eigenvalue weighted by molar-refractivity contribution is -0.140. The van der Waals surface area contributed by atoms with E-state index in [1.165, 1.54) is 16.2 Å². The topological polar surface area (TPSA) is 107 Å². The van der Waals surface area contributed by atoms with E-state index in [4.69, 9.17) is 16.2 Å². The molecule has 1 aromatic rings.